The van der Waals surface area contributed by atoms with Crippen LogP contribution < -0.4 is 5.56 Å². The Kier molecular flexibility index (Phi) is 3.01. The highest BCUT2D eigenvalue weighted by Gasteiger charge is 2.02. The van der Waals surface area contributed by atoms with Crippen LogP contribution in [0.3, 0.4) is 0 Å². The fraction of sp³-hybridized carbons (Fsp3) is 0.182. The van der Waals surface area contributed by atoms with E-state index in [0.717, 1.165) is 5.56 Å². The normalized spacial score (nSPS) is 10.4. The van der Waals surface area contributed by atoms with Crippen molar-refractivity contribution in [1.29, 1.82) is 0 Å². The topological polar surface area (TPSA) is 47.8 Å². The molecule has 0 aliphatic carbocycles. The molecule has 0 N–H and O–H groups in total. The molecule has 1 aromatic carbocycles. The summed E-state index contributed by atoms with van der Waals surface area (Å²) in [6.45, 7) is 2.10. The van der Waals surface area contributed by atoms with Gasteiger partial charge in [-0.05, 0) is 24.6 Å². The Hall–Kier alpha value is -1.68. The number of nitrogens with zero attached hydrogens (tertiary/aromatic N) is 3. The number of hydrogen-bond donors (Lipinski definition) is 0. The number of aromatic nitrogens is 3. The van der Waals surface area contributed by atoms with Crippen LogP contribution >= 0.6 is 11.6 Å². The minimum absolute atomic E-state index is 0.169. The van der Waals surface area contributed by atoms with E-state index in [9.17, 15) is 4.79 Å². The second-order valence-corrected chi connectivity index (χ2v) is 3.87. The molecule has 0 unspecified atom stereocenters. The van der Waals surface area contributed by atoms with Crippen LogP contribution in [0.15, 0.2) is 35.4 Å². The molecule has 82 valence electrons. The molecule has 0 aliphatic rings. The van der Waals surface area contributed by atoms with Gasteiger partial charge in [0.15, 0.2) is 0 Å². The zero-order chi connectivity index (χ0) is 11.5. The SMILES string of the molecule is Cc1ncnn(Cc2ccc(Cl)cc2)c1=O. The van der Waals surface area contributed by atoms with Crippen molar-refractivity contribution in [3.8, 4) is 0 Å². The molecule has 0 fully saturated rings. The van der Waals surface area contributed by atoms with Crippen LogP contribution in [0.4, 0.5) is 0 Å². The first-order valence-electron chi connectivity index (χ1n) is 4.80. The van der Waals surface area contributed by atoms with Gasteiger partial charge in [0.1, 0.15) is 12.0 Å². The van der Waals surface area contributed by atoms with Crippen LogP contribution in [-0.2, 0) is 6.54 Å². The van der Waals surface area contributed by atoms with Gasteiger partial charge in [-0.3, -0.25) is 4.79 Å². The van der Waals surface area contributed by atoms with Gasteiger partial charge in [0, 0.05) is 5.02 Å². The lowest BCUT2D eigenvalue weighted by atomic mass is 10.2. The van der Waals surface area contributed by atoms with E-state index in [4.69, 9.17) is 11.6 Å². The zero-order valence-corrected chi connectivity index (χ0v) is 9.48. The van der Waals surface area contributed by atoms with E-state index in [-0.39, 0.29) is 5.56 Å². The highest BCUT2D eigenvalue weighted by atomic mass is 35.5. The molecular weight excluding hydrogens is 226 g/mol. The Balaban J connectivity index is 2.31. The van der Waals surface area contributed by atoms with Crippen molar-refractivity contribution in [2.24, 2.45) is 0 Å². The smallest absolute Gasteiger partial charge is 0.266 e. The molecule has 0 atom stereocenters. The van der Waals surface area contributed by atoms with E-state index >= 15 is 0 Å². The van der Waals surface area contributed by atoms with Crippen molar-refractivity contribution in [3.05, 3.63) is 57.2 Å². The molecule has 2 aromatic rings. The van der Waals surface area contributed by atoms with Gasteiger partial charge in [-0.2, -0.15) is 5.10 Å². The van der Waals surface area contributed by atoms with Crippen LogP contribution in [0.2, 0.25) is 5.02 Å². The van der Waals surface area contributed by atoms with Crippen molar-refractivity contribution in [2.45, 2.75) is 13.5 Å². The number of hydrogen-bond acceptors (Lipinski definition) is 3. The maximum Gasteiger partial charge on any atom is 0.288 e. The minimum Gasteiger partial charge on any atom is -0.266 e. The van der Waals surface area contributed by atoms with Crippen LogP contribution in [0, 0.1) is 6.92 Å². The summed E-state index contributed by atoms with van der Waals surface area (Å²) in [4.78, 5) is 15.5. The van der Waals surface area contributed by atoms with Crippen LogP contribution in [0.5, 0.6) is 0 Å². The van der Waals surface area contributed by atoms with Crippen LogP contribution in [0.1, 0.15) is 11.3 Å². The third-order valence-electron chi connectivity index (χ3n) is 2.23. The summed E-state index contributed by atoms with van der Waals surface area (Å²) in [6.07, 6.45) is 1.38. The molecular formula is C11H10ClN3O. The lowest BCUT2D eigenvalue weighted by Crippen LogP contribution is -2.26. The first-order valence-corrected chi connectivity index (χ1v) is 5.18. The number of aryl methyl sites for hydroxylation is 1. The molecule has 0 radical (unpaired) electrons. The van der Waals surface area contributed by atoms with Gasteiger partial charge in [-0.1, -0.05) is 23.7 Å². The average Bonchev–Trinajstić information content (AvgIpc) is 2.28. The Morgan fingerprint density at radius 1 is 1.31 bits per heavy atom. The molecule has 0 spiro atoms. The second-order valence-electron chi connectivity index (χ2n) is 3.43. The molecule has 0 saturated carbocycles. The first-order chi connectivity index (χ1) is 7.66. The molecule has 0 saturated heterocycles. The number of benzene rings is 1. The van der Waals surface area contributed by atoms with Gasteiger partial charge in [0.2, 0.25) is 0 Å². The summed E-state index contributed by atoms with van der Waals surface area (Å²) >= 11 is 5.78. The molecule has 1 heterocycles. The fourth-order valence-electron chi connectivity index (χ4n) is 1.34. The Labute approximate surface area is 97.5 Å². The summed E-state index contributed by atoms with van der Waals surface area (Å²) in [5.74, 6) is 0. The van der Waals surface area contributed by atoms with Crippen molar-refractivity contribution < 1.29 is 0 Å². The predicted molar refractivity (Wildman–Crippen MR) is 61.6 cm³/mol. The first kappa shape index (κ1) is 10.8. The maximum atomic E-state index is 11.7. The lowest BCUT2D eigenvalue weighted by molar-refractivity contribution is 0.617. The average molecular weight is 236 g/mol. The van der Waals surface area contributed by atoms with Crippen molar-refractivity contribution in [1.82, 2.24) is 14.8 Å². The van der Waals surface area contributed by atoms with Crippen LogP contribution in [0.25, 0.3) is 0 Å². The third kappa shape index (κ3) is 2.28. The quantitative estimate of drug-likeness (QED) is 0.795. The Morgan fingerprint density at radius 3 is 2.69 bits per heavy atom. The van der Waals surface area contributed by atoms with Gasteiger partial charge >= 0.3 is 0 Å². The zero-order valence-electron chi connectivity index (χ0n) is 8.72. The molecule has 0 bridgehead atoms. The van der Waals surface area contributed by atoms with Crippen LogP contribution in [-0.4, -0.2) is 14.8 Å². The lowest BCUT2D eigenvalue weighted by Gasteiger charge is -2.04. The van der Waals surface area contributed by atoms with E-state index < -0.39 is 0 Å². The van der Waals surface area contributed by atoms with E-state index in [1.165, 1.54) is 11.0 Å². The molecule has 1 aromatic heterocycles. The third-order valence-corrected chi connectivity index (χ3v) is 2.48. The molecule has 5 heteroatoms. The largest absolute Gasteiger partial charge is 0.288 e. The summed E-state index contributed by atoms with van der Waals surface area (Å²) in [7, 11) is 0. The predicted octanol–water partition coefficient (Wildman–Crippen LogP) is 1.65. The molecule has 4 nitrogen and oxygen atoms in total. The maximum absolute atomic E-state index is 11.7. The monoisotopic (exact) mass is 235 g/mol. The van der Waals surface area contributed by atoms with Gasteiger partial charge in [-0.15, -0.1) is 0 Å². The summed E-state index contributed by atoms with van der Waals surface area (Å²) < 4.78 is 1.38. The van der Waals surface area contributed by atoms with E-state index in [2.05, 4.69) is 10.1 Å². The van der Waals surface area contributed by atoms with Gasteiger partial charge in [-0.25, -0.2) is 9.67 Å². The van der Waals surface area contributed by atoms with E-state index in [0.29, 0.717) is 17.3 Å². The van der Waals surface area contributed by atoms with Crippen molar-refractivity contribution >= 4 is 11.6 Å². The van der Waals surface area contributed by atoms with Gasteiger partial charge in [0.25, 0.3) is 5.56 Å². The summed E-state index contributed by atoms with van der Waals surface area (Å²) in [6, 6.07) is 7.31. The molecule has 2 rings (SSSR count). The summed E-state index contributed by atoms with van der Waals surface area (Å²) in [5.41, 5.74) is 1.26. The minimum atomic E-state index is -0.169. The van der Waals surface area contributed by atoms with Crippen molar-refractivity contribution in [2.75, 3.05) is 0 Å². The van der Waals surface area contributed by atoms with E-state index in [1.807, 2.05) is 12.1 Å². The highest BCUT2D eigenvalue weighted by Crippen LogP contribution is 2.09. The van der Waals surface area contributed by atoms with Gasteiger partial charge in [0.05, 0.1) is 6.54 Å². The Bertz CT molecular complexity index is 548. The standard InChI is InChI=1S/C11H10ClN3O/c1-8-11(16)15(14-7-13-8)6-9-2-4-10(12)5-3-9/h2-5,7H,6H2,1H3. The highest BCUT2D eigenvalue weighted by molar-refractivity contribution is 6.30. The molecule has 0 aliphatic heterocycles. The molecule has 16 heavy (non-hydrogen) atoms. The van der Waals surface area contributed by atoms with Gasteiger partial charge < -0.3 is 0 Å². The fourth-order valence-corrected chi connectivity index (χ4v) is 1.47. The number of halogens is 1. The van der Waals surface area contributed by atoms with E-state index in [1.54, 1.807) is 19.1 Å². The molecule has 0 amide bonds. The number of rotatable bonds is 2. The summed E-state index contributed by atoms with van der Waals surface area (Å²) in [5, 5.41) is 4.59. The Morgan fingerprint density at radius 2 is 2.00 bits per heavy atom. The van der Waals surface area contributed by atoms with Crippen molar-refractivity contribution in [3.63, 3.8) is 0 Å². The second kappa shape index (κ2) is 4.45.